The highest BCUT2D eigenvalue weighted by molar-refractivity contribution is 9.10. The number of nitrogens with one attached hydrogen (secondary N) is 1. The van der Waals surface area contributed by atoms with Crippen molar-refractivity contribution in [3.63, 3.8) is 0 Å². The zero-order chi connectivity index (χ0) is 10.3. The van der Waals surface area contributed by atoms with E-state index in [0.29, 0.717) is 6.04 Å². The summed E-state index contributed by atoms with van der Waals surface area (Å²) in [5.41, 5.74) is 1.05. The second kappa shape index (κ2) is 3.61. The van der Waals surface area contributed by atoms with Crippen LogP contribution < -0.4 is 5.32 Å². The smallest absolute Gasteiger partial charge is 0.216 e. The number of hydrogen-bond acceptors (Lipinski definition) is 3. The molecule has 2 atom stereocenters. The SMILES string of the molecule is Brc1cccc(C2=NC3CNCC3O2)c1. The highest BCUT2D eigenvalue weighted by Gasteiger charge is 2.35. The van der Waals surface area contributed by atoms with E-state index < -0.39 is 0 Å². The second-order valence-electron chi connectivity index (χ2n) is 3.83. The van der Waals surface area contributed by atoms with Crippen LogP contribution in [0.1, 0.15) is 5.56 Å². The Bertz CT molecular complexity index is 419. The van der Waals surface area contributed by atoms with E-state index in [-0.39, 0.29) is 6.10 Å². The van der Waals surface area contributed by atoms with Gasteiger partial charge in [0.25, 0.3) is 0 Å². The Balaban J connectivity index is 1.90. The van der Waals surface area contributed by atoms with Gasteiger partial charge in [0.1, 0.15) is 12.1 Å². The Morgan fingerprint density at radius 2 is 2.33 bits per heavy atom. The number of hydrogen-bond donors (Lipinski definition) is 1. The van der Waals surface area contributed by atoms with Crippen LogP contribution in [0, 0.1) is 0 Å². The van der Waals surface area contributed by atoms with E-state index in [9.17, 15) is 0 Å². The van der Waals surface area contributed by atoms with Gasteiger partial charge in [0.15, 0.2) is 0 Å². The molecule has 0 saturated carbocycles. The number of ether oxygens (including phenoxy) is 1. The third-order valence-corrected chi connectivity index (χ3v) is 3.24. The first-order valence-corrected chi connectivity index (χ1v) is 5.83. The molecule has 3 nitrogen and oxygen atoms in total. The molecule has 1 fully saturated rings. The molecule has 2 unspecified atom stereocenters. The summed E-state index contributed by atoms with van der Waals surface area (Å²) in [6.45, 7) is 1.84. The zero-order valence-corrected chi connectivity index (χ0v) is 9.70. The van der Waals surface area contributed by atoms with Crippen LogP contribution in [0.15, 0.2) is 33.7 Å². The number of fused-ring (bicyclic) bond motifs is 1. The van der Waals surface area contributed by atoms with Gasteiger partial charge in [-0.15, -0.1) is 0 Å². The summed E-state index contributed by atoms with van der Waals surface area (Å²) in [6.07, 6.45) is 0.235. The summed E-state index contributed by atoms with van der Waals surface area (Å²) in [4.78, 5) is 4.57. The fourth-order valence-corrected chi connectivity index (χ4v) is 2.38. The van der Waals surface area contributed by atoms with Gasteiger partial charge in [-0.05, 0) is 18.2 Å². The molecular formula is C11H11BrN2O. The lowest BCUT2D eigenvalue weighted by molar-refractivity contribution is 0.225. The van der Waals surface area contributed by atoms with Crippen molar-refractivity contribution >= 4 is 21.8 Å². The molecule has 15 heavy (non-hydrogen) atoms. The molecule has 2 aliphatic heterocycles. The van der Waals surface area contributed by atoms with Crippen molar-refractivity contribution < 1.29 is 4.74 Å². The van der Waals surface area contributed by atoms with Gasteiger partial charge in [0.2, 0.25) is 5.90 Å². The molecule has 2 heterocycles. The quantitative estimate of drug-likeness (QED) is 0.837. The van der Waals surface area contributed by atoms with Gasteiger partial charge in [-0.2, -0.15) is 0 Å². The molecule has 0 aromatic heterocycles. The monoisotopic (exact) mass is 266 g/mol. The van der Waals surface area contributed by atoms with Crippen LogP contribution in [-0.4, -0.2) is 31.1 Å². The van der Waals surface area contributed by atoms with E-state index in [1.165, 1.54) is 0 Å². The maximum absolute atomic E-state index is 5.79. The lowest BCUT2D eigenvalue weighted by Gasteiger charge is -2.07. The largest absolute Gasteiger partial charge is 0.470 e. The van der Waals surface area contributed by atoms with E-state index in [0.717, 1.165) is 29.0 Å². The van der Waals surface area contributed by atoms with Gasteiger partial charge in [0, 0.05) is 23.1 Å². The molecule has 0 bridgehead atoms. The van der Waals surface area contributed by atoms with Crippen LogP contribution in [0.25, 0.3) is 0 Å². The third kappa shape index (κ3) is 1.68. The molecule has 0 radical (unpaired) electrons. The summed E-state index contributed by atoms with van der Waals surface area (Å²) in [5.74, 6) is 0.785. The van der Waals surface area contributed by atoms with E-state index in [4.69, 9.17) is 4.74 Å². The Morgan fingerprint density at radius 3 is 3.13 bits per heavy atom. The van der Waals surface area contributed by atoms with Crippen molar-refractivity contribution in [2.24, 2.45) is 4.99 Å². The molecule has 78 valence electrons. The van der Waals surface area contributed by atoms with Crippen molar-refractivity contribution in [2.75, 3.05) is 13.1 Å². The molecule has 1 saturated heterocycles. The van der Waals surface area contributed by atoms with Crippen molar-refractivity contribution in [2.45, 2.75) is 12.1 Å². The van der Waals surface area contributed by atoms with Crippen molar-refractivity contribution in [1.29, 1.82) is 0 Å². The lowest BCUT2D eigenvalue weighted by Crippen LogP contribution is -2.20. The van der Waals surface area contributed by atoms with E-state index in [1.54, 1.807) is 0 Å². The summed E-state index contributed by atoms with van der Waals surface area (Å²) in [7, 11) is 0. The van der Waals surface area contributed by atoms with Crippen molar-refractivity contribution in [1.82, 2.24) is 5.32 Å². The summed E-state index contributed by atoms with van der Waals surface area (Å²) < 4.78 is 6.85. The van der Waals surface area contributed by atoms with Gasteiger partial charge < -0.3 is 10.1 Å². The van der Waals surface area contributed by atoms with Gasteiger partial charge in [-0.1, -0.05) is 22.0 Å². The minimum absolute atomic E-state index is 0.235. The van der Waals surface area contributed by atoms with Crippen LogP contribution in [0.2, 0.25) is 0 Å². The number of aliphatic imine (C=N–C) groups is 1. The highest BCUT2D eigenvalue weighted by atomic mass is 79.9. The summed E-state index contributed by atoms with van der Waals surface area (Å²) in [6, 6.07) is 8.36. The number of benzene rings is 1. The predicted octanol–water partition coefficient (Wildman–Crippen LogP) is 1.57. The molecule has 1 aromatic rings. The summed E-state index contributed by atoms with van der Waals surface area (Å²) >= 11 is 3.45. The topological polar surface area (TPSA) is 33.6 Å². The lowest BCUT2D eigenvalue weighted by atomic mass is 10.2. The van der Waals surface area contributed by atoms with Gasteiger partial charge in [0.05, 0.1) is 0 Å². The van der Waals surface area contributed by atoms with Gasteiger partial charge in [-0.3, -0.25) is 0 Å². The maximum atomic E-state index is 5.79. The molecule has 1 N–H and O–H groups in total. The first-order chi connectivity index (χ1) is 7.33. The number of halogens is 1. The van der Waals surface area contributed by atoms with Crippen LogP contribution in [0.4, 0.5) is 0 Å². The number of nitrogens with zero attached hydrogens (tertiary/aromatic N) is 1. The van der Waals surface area contributed by atoms with E-state index >= 15 is 0 Å². The first-order valence-electron chi connectivity index (χ1n) is 5.04. The van der Waals surface area contributed by atoms with Gasteiger partial charge in [-0.25, -0.2) is 4.99 Å². The van der Waals surface area contributed by atoms with Gasteiger partial charge >= 0.3 is 0 Å². The number of rotatable bonds is 1. The molecule has 1 aromatic carbocycles. The Hall–Kier alpha value is -0.870. The Kier molecular flexibility index (Phi) is 2.25. The minimum atomic E-state index is 0.235. The van der Waals surface area contributed by atoms with Crippen molar-refractivity contribution in [3.8, 4) is 0 Å². The second-order valence-corrected chi connectivity index (χ2v) is 4.74. The third-order valence-electron chi connectivity index (χ3n) is 2.75. The minimum Gasteiger partial charge on any atom is -0.470 e. The molecule has 3 rings (SSSR count). The molecule has 0 aliphatic carbocycles. The molecule has 4 heteroatoms. The fourth-order valence-electron chi connectivity index (χ4n) is 1.98. The van der Waals surface area contributed by atoms with Crippen molar-refractivity contribution in [3.05, 3.63) is 34.3 Å². The summed E-state index contributed by atoms with van der Waals surface area (Å²) in [5, 5.41) is 3.27. The molecule has 0 amide bonds. The Morgan fingerprint density at radius 1 is 1.40 bits per heavy atom. The zero-order valence-electron chi connectivity index (χ0n) is 8.11. The average molecular weight is 267 g/mol. The predicted molar refractivity (Wildman–Crippen MR) is 62.2 cm³/mol. The average Bonchev–Trinajstić information content (AvgIpc) is 2.76. The normalized spacial score (nSPS) is 28.5. The van der Waals surface area contributed by atoms with E-state index in [2.05, 4.69) is 26.2 Å². The van der Waals surface area contributed by atoms with Crippen LogP contribution in [-0.2, 0) is 4.74 Å². The highest BCUT2D eigenvalue weighted by Crippen LogP contribution is 2.22. The Labute approximate surface area is 96.7 Å². The molecule has 2 aliphatic rings. The molecular weight excluding hydrogens is 256 g/mol. The van der Waals surface area contributed by atoms with E-state index in [1.807, 2.05) is 24.3 Å². The fraction of sp³-hybridized carbons (Fsp3) is 0.364. The standard InChI is InChI=1S/C11H11BrN2O/c12-8-3-1-2-7(4-8)11-14-9-5-13-6-10(9)15-11/h1-4,9-10,13H,5-6H2. The first kappa shape index (κ1) is 9.36. The van der Waals surface area contributed by atoms with Crippen LogP contribution in [0.3, 0.4) is 0 Å². The molecule has 0 spiro atoms. The van der Waals surface area contributed by atoms with Crippen LogP contribution in [0.5, 0.6) is 0 Å². The van der Waals surface area contributed by atoms with Crippen LogP contribution >= 0.6 is 15.9 Å². The maximum Gasteiger partial charge on any atom is 0.216 e.